The van der Waals surface area contributed by atoms with E-state index in [1.165, 1.54) is 25.7 Å². The minimum atomic E-state index is -0.214. The lowest BCUT2D eigenvalue weighted by Gasteiger charge is -2.41. The lowest BCUT2D eigenvalue weighted by Crippen LogP contribution is -2.29. The van der Waals surface area contributed by atoms with Crippen LogP contribution in [-0.4, -0.2) is 0 Å². The predicted molar refractivity (Wildman–Crippen MR) is 114 cm³/mol. The smallest absolute Gasteiger partial charge is 0.131 e. The molecule has 4 rings (SSSR count). The maximum atomic E-state index is 15.0. The highest BCUT2D eigenvalue weighted by atomic mass is 19.1. The Labute approximate surface area is 168 Å². The van der Waals surface area contributed by atoms with Crippen molar-refractivity contribution in [3.05, 3.63) is 59.2 Å². The van der Waals surface area contributed by atoms with Gasteiger partial charge < -0.3 is 0 Å². The molecule has 2 fully saturated rings. The van der Waals surface area contributed by atoms with Gasteiger partial charge in [0.05, 0.1) is 0 Å². The maximum Gasteiger partial charge on any atom is 0.131 e. The normalized spacial score (nSPS) is 28.0. The molecular weight excluding hydrogens is 350 g/mol. The quantitative estimate of drug-likeness (QED) is 0.471. The van der Waals surface area contributed by atoms with Crippen molar-refractivity contribution in [1.29, 1.82) is 0 Å². The highest BCUT2D eigenvalue weighted by Gasteiger charge is 2.35. The van der Waals surface area contributed by atoms with E-state index in [4.69, 9.17) is 0 Å². The van der Waals surface area contributed by atoms with Gasteiger partial charge in [-0.05, 0) is 110 Å². The first-order valence-corrected chi connectivity index (χ1v) is 11.1. The Morgan fingerprint density at radius 2 is 1.71 bits per heavy atom. The van der Waals surface area contributed by atoms with Crippen molar-refractivity contribution < 1.29 is 8.78 Å². The van der Waals surface area contributed by atoms with Crippen molar-refractivity contribution in [3.63, 3.8) is 0 Å². The summed E-state index contributed by atoms with van der Waals surface area (Å²) in [6.07, 6.45) is 13.0. The van der Waals surface area contributed by atoms with Crippen LogP contribution in [0.5, 0.6) is 0 Å². The van der Waals surface area contributed by atoms with Crippen LogP contribution in [0.25, 0.3) is 10.8 Å². The van der Waals surface area contributed by atoms with E-state index in [-0.39, 0.29) is 17.6 Å². The number of fused-ring (bicyclic) bond motifs is 2. The van der Waals surface area contributed by atoms with Gasteiger partial charge in [0.25, 0.3) is 0 Å². The third kappa shape index (κ3) is 4.02. The number of allylic oxidation sites excluding steroid dienone is 2. The molecule has 150 valence electrons. The van der Waals surface area contributed by atoms with Crippen molar-refractivity contribution in [2.75, 3.05) is 0 Å². The molecule has 0 amide bonds. The summed E-state index contributed by atoms with van der Waals surface area (Å²) >= 11 is 0. The van der Waals surface area contributed by atoms with Crippen molar-refractivity contribution in [1.82, 2.24) is 0 Å². The Morgan fingerprint density at radius 3 is 2.54 bits per heavy atom. The Balaban J connectivity index is 1.59. The number of rotatable bonds is 4. The van der Waals surface area contributed by atoms with Crippen molar-refractivity contribution in [3.8, 4) is 0 Å². The molecule has 0 aromatic heterocycles. The number of hydrogen-bond donors (Lipinski definition) is 0. The zero-order valence-corrected chi connectivity index (χ0v) is 17.2. The van der Waals surface area contributed by atoms with E-state index in [0.29, 0.717) is 10.8 Å². The van der Waals surface area contributed by atoms with E-state index in [2.05, 4.69) is 13.0 Å². The first kappa shape index (κ1) is 19.6. The number of halogens is 2. The summed E-state index contributed by atoms with van der Waals surface area (Å²) in [5, 5.41) is 1.27. The maximum absolute atomic E-state index is 15.0. The molecule has 4 unspecified atom stereocenters. The molecule has 0 heterocycles. The van der Waals surface area contributed by atoms with Gasteiger partial charge in [-0.2, -0.15) is 0 Å². The van der Waals surface area contributed by atoms with Gasteiger partial charge in [-0.3, -0.25) is 0 Å². The second-order valence-electron chi connectivity index (χ2n) is 9.23. The fourth-order valence-corrected chi connectivity index (χ4v) is 5.69. The molecule has 0 N–H and O–H groups in total. The SMILES string of the molecule is CC=CCCc1cc(F)c2cc(C3CCC4CC(C)CCC4C3)c(F)cc2c1. The topological polar surface area (TPSA) is 0 Å². The third-order valence-electron chi connectivity index (χ3n) is 7.23. The summed E-state index contributed by atoms with van der Waals surface area (Å²) in [4.78, 5) is 0. The minimum Gasteiger partial charge on any atom is -0.207 e. The predicted octanol–water partition coefficient (Wildman–Crippen LogP) is 7.95. The second kappa shape index (κ2) is 8.35. The summed E-state index contributed by atoms with van der Waals surface area (Å²) in [5.41, 5.74) is 1.68. The number of benzene rings is 2. The molecule has 2 aliphatic rings. The van der Waals surface area contributed by atoms with E-state index >= 15 is 4.39 Å². The fraction of sp³-hybridized carbons (Fsp3) is 0.538. The minimum absolute atomic E-state index is 0.148. The van der Waals surface area contributed by atoms with E-state index in [1.54, 1.807) is 12.1 Å². The van der Waals surface area contributed by atoms with Crippen LogP contribution in [0.2, 0.25) is 0 Å². The molecule has 0 aliphatic heterocycles. The van der Waals surface area contributed by atoms with E-state index < -0.39 is 0 Å². The molecule has 0 bridgehead atoms. The van der Waals surface area contributed by atoms with Crippen LogP contribution >= 0.6 is 0 Å². The van der Waals surface area contributed by atoms with Crippen LogP contribution in [0.1, 0.15) is 75.8 Å². The summed E-state index contributed by atoms with van der Waals surface area (Å²) in [7, 11) is 0. The molecule has 0 saturated heterocycles. The zero-order chi connectivity index (χ0) is 19.7. The molecule has 0 radical (unpaired) electrons. The Morgan fingerprint density at radius 1 is 0.929 bits per heavy atom. The average molecular weight is 383 g/mol. The lowest BCUT2D eigenvalue weighted by molar-refractivity contribution is 0.124. The van der Waals surface area contributed by atoms with Gasteiger partial charge in [0.15, 0.2) is 0 Å². The van der Waals surface area contributed by atoms with Crippen LogP contribution in [0.4, 0.5) is 8.78 Å². The van der Waals surface area contributed by atoms with Crippen LogP contribution in [0.3, 0.4) is 0 Å². The molecule has 2 aromatic rings. The zero-order valence-electron chi connectivity index (χ0n) is 17.2. The Bertz CT molecular complexity index is 866. The van der Waals surface area contributed by atoms with Crippen molar-refractivity contribution in [2.45, 2.75) is 71.1 Å². The third-order valence-corrected chi connectivity index (χ3v) is 7.23. The van der Waals surface area contributed by atoms with Gasteiger partial charge in [-0.25, -0.2) is 8.78 Å². The monoisotopic (exact) mass is 382 g/mol. The van der Waals surface area contributed by atoms with Gasteiger partial charge in [0.1, 0.15) is 11.6 Å². The van der Waals surface area contributed by atoms with Gasteiger partial charge in [0, 0.05) is 5.39 Å². The molecule has 2 saturated carbocycles. The van der Waals surface area contributed by atoms with Gasteiger partial charge in [0.2, 0.25) is 0 Å². The second-order valence-corrected chi connectivity index (χ2v) is 9.23. The molecule has 4 atom stereocenters. The van der Waals surface area contributed by atoms with Crippen molar-refractivity contribution in [2.24, 2.45) is 17.8 Å². The molecule has 28 heavy (non-hydrogen) atoms. The largest absolute Gasteiger partial charge is 0.207 e. The average Bonchev–Trinajstić information content (AvgIpc) is 2.67. The molecular formula is C26H32F2. The Hall–Kier alpha value is -1.70. The molecule has 0 spiro atoms. The lowest BCUT2D eigenvalue weighted by atomic mass is 9.64. The Kier molecular flexibility index (Phi) is 5.85. The van der Waals surface area contributed by atoms with Gasteiger partial charge in [-0.15, -0.1) is 0 Å². The van der Waals surface area contributed by atoms with Gasteiger partial charge >= 0.3 is 0 Å². The highest BCUT2D eigenvalue weighted by molar-refractivity contribution is 5.85. The first-order valence-electron chi connectivity index (χ1n) is 11.1. The number of hydrogen-bond acceptors (Lipinski definition) is 0. The van der Waals surface area contributed by atoms with Crippen LogP contribution in [0, 0.1) is 29.4 Å². The molecule has 2 aromatic carbocycles. The molecule has 2 aliphatic carbocycles. The van der Waals surface area contributed by atoms with Crippen LogP contribution in [-0.2, 0) is 6.42 Å². The summed E-state index contributed by atoms with van der Waals surface area (Å²) < 4.78 is 29.8. The summed E-state index contributed by atoms with van der Waals surface area (Å²) in [5.74, 6) is 2.27. The standard InChI is InChI=1S/C26H32F2/c1-3-4-5-6-18-12-22-15-26(28)23(16-24(22)25(27)13-18)21-10-9-19-11-17(2)7-8-20(19)14-21/h3-4,12-13,15-17,19-21H,5-11,14H2,1-2H3. The molecule has 0 nitrogen and oxygen atoms in total. The van der Waals surface area contributed by atoms with E-state index in [0.717, 1.165) is 54.6 Å². The van der Waals surface area contributed by atoms with Crippen LogP contribution < -0.4 is 0 Å². The fourth-order valence-electron chi connectivity index (χ4n) is 5.69. The van der Waals surface area contributed by atoms with Gasteiger partial charge in [-0.1, -0.05) is 31.6 Å². The summed E-state index contributed by atoms with van der Waals surface area (Å²) in [6, 6.07) is 6.97. The van der Waals surface area contributed by atoms with E-state index in [9.17, 15) is 4.39 Å². The number of aryl methyl sites for hydroxylation is 1. The van der Waals surface area contributed by atoms with E-state index in [1.807, 2.05) is 25.1 Å². The molecule has 2 heteroatoms. The highest BCUT2D eigenvalue weighted by Crippen LogP contribution is 2.48. The summed E-state index contributed by atoms with van der Waals surface area (Å²) in [6.45, 7) is 4.35. The van der Waals surface area contributed by atoms with Crippen molar-refractivity contribution >= 4 is 10.8 Å². The van der Waals surface area contributed by atoms with Crippen LogP contribution in [0.15, 0.2) is 36.4 Å². The first-order chi connectivity index (χ1) is 13.5.